The molecule has 2 rings (SSSR count). The van der Waals surface area contributed by atoms with Gasteiger partial charge in [-0.1, -0.05) is 6.92 Å². The van der Waals surface area contributed by atoms with Crippen LogP contribution in [0.4, 0.5) is 4.79 Å². The van der Waals surface area contributed by atoms with Crippen molar-refractivity contribution in [2.45, 2.75) is 25.8 Å². The number of carboxylic acids is 1. The first-order chi connectivity index (χ1) is 9.28. The van der Waals surface area contributed by atoms with Crippen molar-refractivity contribution < 1.29 is 23.1 Å². The Bertz CT molecular complexity index is 484. The zero-order valence-corrected chi connectivity index (χ0v) is 12.2. The highest BCUT2D eigenvalue weighted by atomic mass is 32.2. The third-order valence-corrected chi connectivity index (χ3v) is 5.89. The van der Waals surface area contributed by atoms with E-state index in [4.69, 9.17) is 5.11 Å². The fourth-order valence-corrected chi connectivity index (χ4v) is 3.99. The molecule has 2 saturated heterocycles. The van der Waals surface area contributed by atoms with Crippen molar-refractivity contribution in [3.8, 4) is 0 Å². The summed E-state index contributed by atoms with van der Waals surface area (Å²) in [6.07, 6.45) is 0.910. The third kappa shape index (κ3) is 3.41. The molecule has 0 aromatic carbocycles. The molecule has 20 heavy (non-hydrogen) atoms. The molecular formula is C12H20N2O5S. The zero-order chi connectivity index (χ0) is 14.9. The summed E-state index contributed by atoms with van der Waals surface area (Å²) in [5.41, 5.74) is 0. The monoisotopic (exact) mass is 304 g/mol. The molecule has 2 heterocycles. The molecule has 1 unspecified atom stereocenters. The molecule has 2 aliphatic heterocycles. The summed E-state index contributed by atoms with van der Waals surface area (Å²) in [5.74, 6) is -1.04. The highest BCUT2D eigenvalue weighted by Gasteiger charge is 2.38. The van der Waals surface area contributed by atoms with Gasteiger partial charge in [0.2, 0.25) is 0 Å². The van der Waals surface area contributed by atoms with Crippen LogP contribution in [0.2, 0.25) is 0 Å². The molecule has 0 aromatic rings. The molecule has 7 nitrogen and oxygen atoms in total. The van der Waals surface area contributed by atoms with E-state index in [2.05, 4.69) is 5.32 Å². The van der Waals surface area contributed by atoms with Gasteiger partial charge in [0, 0.05) is 25.0 Å². The Kier molecular flexibility index (Phi) is 4.22. The molecule has 2 fully saturated rings. The molecular weight excluding hydrogens is 284 g/mol. The third-order valence-electron chi connectivity index (χ3n) is 4.18. The number of urea groups is 1. The SMILES string of the molecule is CC(C(=O)O)C1CN(C(=O)NC2CCS(=O)(=O)CC2)C1. The van der Waals surface area contributed by atoms with E-state index in [1.165, 1.54) is 0 Å². The lowest BCUT2D eigenvalue weighted by atomic mass is 9.87. The number of carbonyl (C=O) groups excluding carboxylic acids is 1. The summed E-state index contributed by atoms with van der Waals surface area (Å²) in [6.45, 7) is 2.54. The fourth-order valence-electron chi connectivity index (χ4n) is 2.50. The molecule has 0 radical (unpaired) electrons. The summed E-state index contributed by atoms with van der Waals surface area (Å²) in [4.78, 5) is 24.3. The predicted molar refractivity (Wildman–Crippen MR) is 72.1 cm³/mol. The van der Waals surface area contributed by atoms with Crippen molar-refractivity contribution in [3.63, 3.8) is 0 Å². The average molecular weight is 304 g/mol. The van der Waals surface area contributed by atoms with Gasteiger partial charge in [-0.15, -0.1) is 0 Å². The smallest absolute Gasteiger partial charge is 0.317 e. The largest absolute Gasteiger partial charge is 0.481 e. The van der Waals surface area contributed by atoms with Crippen LogP contribution in [0.15, 0.2) is 0 Å². The Morgan fingerprint density at radius 3 is 2.30 bits per heavy atom. The highest BCUT2D eigenvalue weighted by molar-refractivity contribution is 7.91. The number of nitrogens with one attached hydrogen (secondary N) is 1. The maximum Gasteiger partial charge on any atom is 0.317 e. The second kappa shape index (κ2) is 5.59. The van der Waals surface area contributed by atoms with Crippen LogP contribution in [-0.4, -0.2) is 61.1 Å². The van der Waals surface area contributed by atoms with E-state index in [0.29, 0.717) is 25.9 Å². The molecule has 0 aromatic heterocycles. The maximum atomic E-state index is 11.9. The second-order valence-electron chi connectivity index (χ2n) is 5.67. The maximum absolute atomic E-state index is 11.9. The minimum atomic E-state index is -2.92. The van der Waals surface area contributed by atoms with Gasteiger partial charge >= 0.3 is 12.0 Å². The van der Waals surface area contributed by atoms with Gasteiger partial charge in [0.25, 0.3) is 0 Å². The van der Waals surface area contributed by atoms with Crippen LogP contribution in [0, 0.1) is 11.8 Å². The first kappa shape index (κ1) is 15.1. The number of rotatable bonds is 3. The van der Waals surface area contributed by atoms with Crippen molar-refractivity contribution >= 4 is 21.8 Å². The van der Waals surface area contributed by atoms with Crippen molar-refractivity contribution in [2.75, 3.05) is 24.6 Å². The van der Waals surface area contributed by atoms with E-state index < -0.39 is 21.7 Å². The molecule has 2 amide bonds. The minimum Gasteiger partial charge on any atom is -0.481 e. The van der Waals surface area contributed by atoms with E-state index in [1.54, 1.807) is 11.8 Å². The van der Waals surface area contributed by atoms with Gasteiger partial charge in [-0.3, -0.25) is 4.79 Å². The summed E-state index contributed by atoms with van der Waals surface area (Å²) in [7, 11) is -2.92. The van der Waals surface area contributed by atoms with Crippen molar-refractivity contribution in [1.29, 1.82) is 0 Å². The molecule has 0 saturated carbocycles. The molecule has 114 valence electrons. The highest BCUT2D eigenvalue weighted by Crippen LogP contribution is 2.24. The van der Waals surface area contributed by atoms with E-state index in [9.17, 15) is 18.0 Å². The number of aliphatic carboxylic acids is 1. The first-order valence-corrected chi connectivity index (χ1v) is 8.59. The standard InChI is InChI=1S/C12H20N2O5S/c1-8(11(15)16)9-6-14(7-9)12(17)13-10-2-4-20(18,19)5-3-10/h8-10H,2-7H2,1H3,(H,13,17)(H,15,16). The number of sulfone groups is 1. The Morgan fingerprint density at radius 1 is 1.25 bits per heavy atom. The van der Waals surface area contributed by atoms with Gasteiger partial charge in [-0.2, -0.15) is 0 Å². The average Bonchev–Trinajstić information content (AvgIpc) is 2.29. The van der Waals surface area contributed by atoms with Gasteiger partial charge in [0.1, 0.15) is 9.84 Å². The van der Waals surface area contributed by atoms with E-state index in [1.807, 2.05) is 0 Å². The van der Waals surface area contributed by atoms with Crippen LogP contribution >= 0.6 is 0 Å². The predicted octanol–water partition coefficient (Wildman–Crippen LogP) is -0.0743. The number of carboxylic acid groups (broad SMARTS) is 1. The first-order valence-electron chi connectivity index (χ1n) is 6.77. The molecule has 1 atom stereocenters. The Morgan fingerprint density at radius 2 is 1.80 bits per heavy atom. The van der Waals surface area contributed by atoms with E-state index in [-0.39, 0.29) is 29.5 Å². The Labute approximate surface area is 118 Å². The number of nitrogens with zero attached hydrogens (tertiary/aromatic N) is 1. The number of hydrogen-bond acceptors (Lipinski definition) is 4. The van der Waals surface area contributed by atoms with Gasteiger partial charge < -0.3 is 15.3 Å². The normalized spacial score (nSPS) is 24.8. The molecule has 0 bridgehead atoms. The summed E-state index contributed by atoms with van der Waals surface area (Å²) >= 11 is 0. The van der Waals surface area contributed by atoms with E-state index in [0.717, 1.165) is 0 Å². The van der Waals surface area contributed by atoms with E-state index >= 15 is 0 Å². The van der Waals surface area contributed by atoms with Crippen molar-refractivity contribution in [1.82, 2.24) is 10.2 Å². The summed E-state index contributed by atoms with van der Waals surface area (Å²) < 4.78 is 22.6. The Hall–Kier alpha value is -1.31. The van der Waals surface area contributed by atoms with Gasteiger partial charge in [-0.25, -0.2) is 13.2 Å². The zero-order valence-electron chi connectivity index (χ0n) is 11.4. The van der Waals surface area contributed by atoms with Crippen molar-refractivity contribution in [2.24, 2.45) is 11.8 Å². The molecule has 2 aliphatic rings. The number of likely N-dealkylation sites (tertiary alicyclic amines) is 1. The molecule has 8 heteroatoms. The fraction of sp³-hybridized carbons (Fsp3) is 0.833. The Balaban J connectivity index is 1.74. The van der Waals surface area contributed by atoms with Crippen LogP contribution in [0.1, 0.15) is 19.8 Å². The van der Waals surface area contributed by atoms with Crippen LogP contribution < -0.4 is 5.32 Å². The number of carbonyl (C=O) groups is 2. The topological polar surface area (TPSA) is 104 Å². The quantitative estimate of drug-likeness (QED) is 0.759. The lowest BCUT2D eigenvalue weighted by Gasteiger charge is -2.41. The second-order valence-corrected chi connectivity index (χ2v) is 7.97. The summed E-state index contributed by atoms with van der Waals surface area (Å²) in [6, 6.07) is -0.315. The van der Waals surface area contributed by atoms with Crippen LogP contribution in [0.3, 0.4) is 0 Å². The molecule has 2 N–H and O–H groups in total. The molecule has 0 spiro atoms. The van der Waals surface area contributed by atoms with Gasteiger partial charge in [-0.05, 0) is 12.8 Å². The van der Waals surface area contributed by atoms with Crippen molar-refractivity contribution in [3.05, 3.63) is 0 Å². The van der Waals surface area contributed by atoms with Crippen LogP contribution in [-0.2, 0) is 14.6 Å². The number of amides is 2. The van der Waals surface area contributed by atoms with Crippen LogP contribution in [0.5, 0.6) is 0 Å². The van der Waals surface area contributed by atoms with Crippen LogP contribution in [0.25, 0.3) is 0 Å². The van der Waals surface area contributed by atoms with Gasteiger partial charge in [0.05, 0.1) is 17.4 Å². The van der Waals surface area contributed by atoms with Gasteiger partial charge in [0.15, 0.2) is 0 Å². The minimum absolute atomic E-state index is 0.00461. The number of hydrogen-bond donors (Lipinski definition) is 2. The lowest BCUT2D eigenvalue weighted by molar-refractivity contribution is -0.144. The molecule has 0 aliphatic carbocycles. The lowest BCUT2D eigenvalue weighted by Crippen LogP contribution is -2.58. The summed E-state index contributed by atoms with van der Waals surface area (Å²) in [5, 5.41) is 11.7.